The fourth-order valence-electron chi connectivity index (χ4n) is 4.93. The van der Waals surface area contributed by atoms with Crippen LogP contribution >= 0.6 is 0 Å². The molecule has 2 aromatic carbocycles. The number of aromatic carboxylic acids is 2. The standard InChI is InChI=1S/C30H37N3O8/c1-28(2,3)40-26(38)32-14-13-30(25(31)33-27(39)41-29(4,5)6)21-11-9-19(23(34)35)15-17(21)7-8-18-16-20(24(36)37)10-12-22(18)30/h9-12,15-16H,7-8,13-14H2,1-6H3,(H,32,38)(H,34,35)(H,36,37)(H2,31,33,39). The lowest BCUT2D eigenvalue weighted by Crippen LogP contribution is -2.47. The van der Waals surface area contributed by atoms with Gasteiger partial charge in [0.25, 0.3) is 0 Å². The number of carbonyl (C=O) groups is 4. The number of nitrogens with two attached hydrogens (primary N) is 1. The molecule has 0 saturated carbocycles. The van der Waals surface area contributed by atoms with E-state index in [1.165, 1.54) is 12.1 Å². The zero-order chi connectivity index (χ0) is 30.8. The lowest BCUT2D eigenvalue weighted by Gasteiger charge is -2.36. The van der Waals surface area contributed by atoms with E-state index in [2.05, 4.69) is 10.3 Å². The first-order chi connectivity index (χ1) is 18.9. The summed E-state index contributed by atoms with van der Waals surface area (Å²) in [5.41, 5.74) is 6.30. The molecule has 11 heteroatoms. The highest BCUT2D eigenvalue weighted by molar-refractivity contribution is 6.02. The Morgan fingerprint density at radius 1 is 0.854 bits per heavy atom. The number of carboxylic acid groups (broad SMARTS) is 2. The van der Waals surface area contributed by atoms with Crippen LogP contribution in [0.4, 0.5) is 9.59 Å². The van der Waals surface area contributed by atoms with Gasteiger partial charge >= 0.3 is 24.1 Å². The highest BCUT2D eigenvalue weighted by Crippen LogP contribution is 2.43. The van der Waals surface area contributed by atoms with Crippen molar-refractivity contribution in [2.45, 2.75) is 77.4 Å². The van der Waals surface area contributed by atoms with E-state index in [1.54, 1.807) is 65.8 Å². The average Bonchev–Trinajstić information content (AvgIpc) is 2.96. The van der Waals surface area contributed by atoms with Crippen molar-refractivity contribution in [1.82, 2.24) is 5.32 Å². The van der Waals surface area contributed by atoms with Gasteiger partial charge in [0.1, 0.15) is 17.0 Å². The third-order valence-corrected chi connectivity index (χ3v) is 6.50. The average molecular weight is 568 g/mol. The SMILES string of the molecule is CC(C)(C)OC(=O)/N=C(/N)C1(CCNC(=O)OC(C)(C)C)c2ccc(C(=O)O)cc2CCc2cc(C(=O)O)ccc21. The highest BCUT2D eigenvalue weighted by atomic mass is 16.6. The number of alkyl carbamates (subject to hydrolysis) is 1. The number of benzene rings is 2. The molecular weight excluding hydrogens is 530 g/mol. The molecule has 11 nitrogen and oxygen atoms in total. The summed E-state index contributed by atoms with van der Waals surface area (Å²) in [7, 11) is 0. The first-order valence-corrected chi connectivity index (χ1v) is 13.2. The molecule has 0 bridgehead atoms. The molecular formula is C30H37N3O8. The second-order valence-electron chi connectivity index (χ2n) is 11.9. The van der Waals surface area contributed by atoms with Gasteiger partial charge in [-0.1, -0.05) is 12.1 Å². The Labute approximate surface area is 238 Å². The number of rotatable bonds is 6. The molecule has 220 valence electrons. The second-order valence-corrected chi connectivity index (χ2v) is 11.9. The molecule has 0 radical (unpaired) electrons. The number of aliphatic imine (C=N–C) groups is 1. The third kappa shape index (κ3) is 7.41. The lowest BCUT2D eigenvalue weighted by molar-refractivity contribution is 0.0522. The van der Waals surface area contributed by atoms with Gasteiger partial charge in [-0.25, -0.2) is 19.2 Å². The van der Waals surface area contributed by atoms with Crippen molar-refractivity contribution in [3.8, 4) is 0 Å². The number of amidine groups is 1. The Morgan fingerprint density at radius 2 is 1.32 bits per heavy atom. The van der Waals surface area contributed by atoms with E-state index in [4.69, 9.17) is 15.2 Å². The molecule has 0 atom stereocenters. The molecule has 2 amide bonds. The molecule has 5 N–H and O–H groups in total. The quantitative estimate of drug-likeness (QED) is 0.285. The van der Waals surface area contributed by atoms with Gasteiger partial charge in [-0.3, -0.25) is 0 Å². The number of aryl methyl sites for hydroxylation is 2. The summed E-state index contributed by atoms with van der Waals surface area (Å²) in [6.45, 7) is 10.3. The van der Waals surface area contributed by atoms with Gasteiger partial charge in [0.2, 0.25) is 0 Å². The van der Waals surface area contributed by atoms with Crippen LogP contribution < -0.4 is 11.1 Å². The van der Waals surface area contributed by atoms with Crippen molar-refractivity contribution >= 4 is 30.0 Å². The van der Waals surface area contributed by atoms with E-state index >= 15 is 0 Å². The molecule has 1 aliphatic carbocycles. The molecule has 0 aliphatic heterocycles. The lowest BCUT2D eigenvalue weighted by atomic mass is 9.68. The molecule has 2 aromatic rings. The van der Waals surface area contributed by atoms with Crippen molar-refractivity contribution in [1.29, 1.82) is 0 Å². The van der Waals surface area contributed by atoms with Crippen LogP contribution in [-0.2, 0) is 27.7 Å². The van der Waals surface area contributed by atoms with E-state index in [0.29, 0.717) is 35.1 Å². The minimum Gasteiger partial charge on any atom is -0.478 e. The molecule has 0 fully saturated rings. The number of fused-ring (bicyclic) bond motifs is 2. The molecule has 41 heavy (non-hydrogen) atoms. The molecule has 0 unspecified atom stereocenters. The summed E-state index contributed by atoms with van der Waals surface area (Å²) in [6, 6.07) is 9.22. The van der Waals surface area contributed by atoms with Gasteiger partial charge in [0.15, 0.2) is 0 Å². The smallest absolute Gasteiger partial charge is 0.435 e. The van der Waals surface area contributed by atoms with Gasteiger partial charge in [0.05, 0.1) is 16.5 Å². The fourth-order valence-corrected chi connectivity index (χ4v) is 4.93. The summed E-state index contributed by atoms with van der Waals surface area (Å²) in [4.78, 5) is 53.1. The largest absolute Gasteiger partial charge is 0.478 e. The molecule has 0 aromatic heterocycles. The third-order valence-electron chi connectivity index (χ3n) is 6.50. The summed E-state index contributed by atoms with van der Waals surface area (Å²) in [5.74, 6) is -2.38. The topological polar surface area (TPSA) is 178 Å². The van der Waals surface area contributed by atoms with E-state index in [-0.39, 0.29) is 29.9 Å². The second kappa shape index (κ2) is 11.6. The van der Waals surface area contributed by atoms with Gasteiger partial charge in [-0.2, -0.15) is 4.99 Å². The fraction of sp³-hybridized carbons (Fsp3) is 0.433. The first-order valence-electron chi connectivity index (χ1n) is 13.2. The zero-order valence-electron chi connectivity index (χ0n) is 24.2. The van der Waals surface area contributed by atoms with E-state index < -0.39 is 40.7 Å². The Bertz CT molecular complexity index is 1330. The Balaban J connectivity index is 2.27. The Morgan fingerprint density at radius 3 is 1.73 bits per heavy atom. The van der Waals surface area contributed by atoms with Crippen LogP contribution in [0.1, 0.15) is 90.9 Å². The van der Waals surface area contributed by atoms with Gasteiger partial charge in [-0.15, -0.1) is 0 Å². The van der Waals surface area contributed by atoms with Crippen LogP contribution in [0.15, 0.2) is 41.4 Å². The van der Waals surface area contributed by atoms with Crippen LogP contribution in [0, 0.1) is 0 Å². The number of hydrogen-bond donors (Lipinski definition) is 4. The maximum Gasteiger partial charge on any atom is 0.435 e. The van der Waals surface area contributed by atoms with E-state index in [9.17, 15) is 29.4 Å². The number of carboxylic acids is 2. The van der Waals surface area contributed by atoms with Crippen molar-refractivity contribution in [3.63, 3.8) is 0 Å². The number of nitrogens with one attached hydrogen (secondary N) is 1. The van der Waals surface area contributed by atoms with Crippen LogP contribution in [-0.4, -0.2) is 57.9 Å². The predicted octanol–water partition coefficient (Wildman–Crippen LogP) is 4.67. The number of nitrogens with zero attached hydrogens (tertiary/aromatic N) is 1. The van der Waals surface area contributed by atoms with Crippen LogP contribution in [0.25, 0.3) is 0 Å². The molecule has 3 rings (SSSR count). The van der Waals surface area contributed by atoms with Gasteiger partial charge in [-0.05, 0) is 107 Å². The maximum atomic E-state index is 12.9. The summed E-state index contributed by atoms with van der Waals surface area (Å²) < 4.78 is 10.8. The number of hydrogen-bond acceptors (Lipinski definition) is 6. The van der Waals surface area contributed by atoms with Crippen molar-refractivity contribution in [2.75, 3.05) is 6.54 Å². The first kappa shape index (κ1) is 31.1. The Kier molecular flexibility index (Phi) is 8.80. The number of ether oxygens (including phenoxy) is 2. The minimum absolute atomic E-state index is 0.0275. The normalized spacial score (nSPS) is 14.6. The maximum absolute atomic E-state index is 12.9. The predicted molar refractivity (Wildman–Crippen MR) is 152 cm³/mol. The van der Waals surface area contributed by atoms with Crippen molar-refractivity contribution < 1.29 is 38.9 Å². The number of amides is 2. The van der Waals surface area contributed by atoms with Crippen LogP contribution in [0.3, 0.4) is 0 Å². The molecule has 1 aliphatic rings. The van der Waals surface area contributed by atoms with Gasteiger partial charge < -0.3 is 30.7 Å². The van der Waals surface area contributed by atoms with E-state index in [0.717, 1.165) is 0 Å². The molecule has 0 heterocycles. The Hall–Kier alpha value is -4.41. The monoisotopic (exact) mass is 567 g/mol. The van der Waals surface area contributed by atoms with Crippen LogP contribution in [0.2, 0.25) is 0 Å². The summed E-state index contributed by atoms with van der Waals surface area (Å²) in [5, 5.41) is 22.0. The number of carbonyl (C=O) groups excluding carboxylic acids is 2. The van der Waals surface area contributed by atoms with Gasteiger partial charge in [0, 0.05) is 6.54 Å². The summed E-state index contributed by atoms with van der Waals surface area (Å²) in [6.07, 6.45) is -0.762. The van der Waals surface area contributed by atoms with Crippen molar-refractivity contribution in [2.24, 2.45) is 10.7 Å². The molecule has 0 saturated heterocycles. The molecule has 0 spiro atoms. The highest BCUT2D eigenvalue weighted by Gasteiger charge is 2.44. The van der Waals surface area contributed by atoms with Crippen molar-refractivity contribution in [3.05, 3.63) is 69.8 Å². The minimum atomic E-state index is -1.36. The van der Waals surface area contributed by atoms with E-state index in [1.807, 2.05) is 0 Å². The summed E-state index contributed by atoms with van der Waals surface area (Å²) >= 11 is 0. The zero-order valence-corrected chi connectivity index (χ0v) is 24.2. The van der Waals surface area contributed by atoms with Crippen LogP contribution in [0.5, 0.6) is 0 Å².